The fraction of sp³-hybridized carbons (Fsp3) is 0.462. The van der Waals surface area contributed by atoms with Gasteiger partial charge in [0.05, 0.1) is 12.7 Å². The van der Waals surface area contributed by atoms with E-state index in [1.54, 1.807) is 18.2 Å². The molecule has 3 N–H and O–H groups in total. The van der Waals surface area contributed by atoms with E-state index in [4.69, 9.17) is 10.5 Å². The summed E-state index contributed by atoms with van der Waals surface area (Å²) in [6.07, 6.45) is 1.52. The summed E-state index contributed by atoms with van der Waals surface area (Å²) in [6, 6.07) is 5.05. The standard InChI is InChI=1S/C13H18N2O3S/c1-18-12-8-9(14)2-3-11(12)13(16)15-10-4-6-19(17)7-5-10/h2-3,8,10H,4-7,14H2,1H3,(H,15,16). The Labute approximate surface area is 115 Å². The molecule has 2 rings (SSSR count). The molecule has 5 nitrogen and oxygen atoms in total. The Morgan fingerprint density at radius 1 is 1.42 bits per heavy atom. The van der Waals surface area contributed by atoms with E-state index in [-0.39, 0.29) is 11.9 Å². The molecule has 0 atom stereocenters. The number of hydrogen-bond acceptors (Lipinski definition) is 4. The molecule has 0 spiro atoms. The molecular formula is C13H18N2O3S. The lowest BCUT2D eigenvalue weighted by atomic mass is 10.1. The Morgan fingerprint density at radius 3 is 2.74 bits per heavy atom. The van der Waals surface area contributed by atoms with Gasteiger partial charge in [-0.05, 0) is 25.0 Å². The molecule has 1 amide bonds. The minimum Gasteiger partial charge on any atom is -0.496 e. The molecule has 0 aromatic heterocycles. The predicted octanol–water partition coefficient (Wildman–Crippen LogP) is 0.918. The van der Waals surface area contributed by atoms with Gasteiger partial charge in [-0.1, -0.05) is 0 Å². The van der Waals surface area contributed by atoms with Crippen molar-refractivity contribution in [3.05, 3.63) is 23.8 Å². The third-order valence-corrected chi connectivity index (χ3v) is 4.58. The van der Waals surface area contributed by atoms with Crippen LogP contribution in [0.1, 0.15) is 23.2 Å². The quantitative estimate of drug-likeness (QED) is 0.808. The number of benzene rings is 1. The normalized spacial score (nSPS) is 22.8. The van der Waals surface area contributed by atoms with Crippen LogP contribution < -0.4 is 15.8 Å². The minimum atomic E-state index is -0.722. The monoisotopic (exact) mass is 282 g/mol. The largest absolute Gasteiger partial charge is 0.496 e. The summed E-state index contributed by atoms with van der Waals surface area (Å²) in [5.41, 5.74) is 6.69. The van der Waals surface area contributed by atoms with E-state index in [1.165, 1.54) is 7.11 Å². The van der Waals surface area contributed by atoms with Crippen molar-refractivity contribution in [3.8, 4) is 5.75 Å². The summed E-state index contributed by atoms with van der Waals surface area (Å²) in [5, 5.41) is 2.96. The van der Waals surface area contributed by atoms with E-state index < -0.39 is 10.8 Å². The number of methoxy groups -OCH3 is 1. The molecule has 1 aromatic rings. The van der Waals surface area contributed by atoms with Gasteiger partial charge >= 0.3 is 0 Å². The zero-order chi connectivity index (χ0) is 13.8. The lowest BCUT2D eigenvalue weighted by Crippen LogP contribution is -2.39. The summed E-state index contributed by atoms with van der Waals surface area (Å²) in [6.45, 7) is 0. The highest BCUT2D eigenvalue weighted by Gasteiger charge is 2.21. The van der Waals surface area contributed by atoms with Crippen LogP contribution in [0.4, 0.5) is 5.69 Å². The first kappa shape index (κ1) is 13.9. The van der Waals surface area contributed by atoms with E-state index >= 15 is 0 Å². The van der Waals surface area contributed by atoms with Gasteiger partial charge in [-0.3, -0.25) is 9.00 Å². The van der Waals surface area contributed by atoms with Crippen molar-refractivity contribution in [1.29, 1.82) is 0 Å². The van der Waals surface area contributed by atoms with Crippen LogP contribution in [0, 0.1) is 0 Å². The third-order valence-electron chi connectivity index (χ3n) is 3.19. The van der Waals surface area contributed by atoms with Gasteiger partial charge in [-0.15, -0.1) is 0 Å². The molecule has 1 fully saturated rings. The summed E-state index contributed by atoms with van der Waals surface area (Å²) in [5.74, 6) is 1.61. The maximum atomic E-state index is 12.2. The molecular weight excluding hydrogens is 264 g/mol. The average molecular weight is 282 g/mol. The van der Waals surface area contributed by atoms with Crippen molar-refractivity contribution in [2.75, 3.05) is 24.3 Å². The zero-order valence-electron chi connectivity index (χ0n) is 10.8. The molecule has 1 aromatic carbocycles. The number of nitrogens with one attached hydrogen (secondary N) is 1. The number of carbonyl (C=O) groups excluding carboxylic acids is 1. The maximum Gasteiger partial charge on any atom is 0.255 e. The van der Waals surface area contributed by atoms with Crippen LogP contribution in [0.3, 0.4) is 0 Å². The van der Waals surface area contributed by atoms with E-state index in [9.17, 15) is 9.00 Å². The fourth-order valence-electron chi connectivity index (χ4n) is 2.10. The smallest absolute Gasteiger partial charge is 0.255 e. The van der Waals surface area contributed by atoms with E-state index in [1.807, 2.05) is 0 Å². The van der Waals surface area contributed by atoms with E-state index in [2.05, 4.69) is 5.32 Å². The SMILES string of the molecule is COc1cc(N)ccc1C(=O)NC1CCS(=O)CC1. The number of nitrogen functional groups attached to an aromatic ring is 1. The number of amides is 1. The van der Waals surface area contributed by atoms with Crippen LogP contribution in [0.15, 0.2) is 18.2 Å². The van der Waals surface area contributed by atoms with Gasteiger partial charge in [0.2, 0.25) is 0 Å². The highest BCUT2D eigenvalue weighted by atomic mass is 32.2. The first-order chi connectivity index (χ1) is 9.10. The van der Waals surface area contributed by atoms with Crippen LogP contribution in [-0.2, 0) is 10.8 Å². The van der Waals surface area contributed by atoms with Gasteiger partial charge in [-0.25, -0.2) is 0 Å². The average Bonchev–Trinajstić information content (AvgIpc) is 2.41. The topological polar surface area (TPSA) is 81.4 Å². The Balaban J connectivity index is 2.05. The number of ether oxygens (including phenoxy) is 1. The maximum absolute atomic E-state index is 12.2. The number of carbonyl (C=O) groups is 1. The van der Waals surface area contributed by atoms with Crippen LogP contribution >= 0.6 is 0 Å². The van der Waals surface area contributed by atoms with Crippen LogP contribution in [0.2, 0.25) is 0 Å². The first-order valence-corrected chi connectivity index (χ1v) is 7.68. The van der Waals surface area contributed by atoms with E-state index in [0.717, 1.165) is 12.8 Å². The van der Waals surface area contributed by atoms with Crippen LogP contribution in [-0.4, -0.2) is 34.8 Å². The van der Waals surface area contributed by atoms with Crippen molar-refractivity contribution in [2.24, 2.45) is 0 Å². The number of hydrogen-bond donors (Lipinski definition) is 2. The number of anilines is 1. The molecule has 0 unspecified atom stereocenters. The van der Waals surface area contributed by atoms with E-state index in [0.29, 0.717) is 28.5 Å². The summed E-state index contributed by atoms with van der Waals surface area (Å²) >= 11 is 0. The van der Waals surface area contributed by atoms with Crippen molar-refractivity contribution in [2.45, 2.75) is 18.9 Å². The lowest BCUT2D eigenvalue weighted by molar-refractivity contribution is 0.0931. The van der Waals surface area contributed by atoms with Gasteiger partial charge in [0.25, 0.3) is 5.91 Å². The summed E-state index contributed by atoms with van der Waals surface area (Å²) in [4.78, 5) is 12.2. The molecule has 0 bridgehead atoms. The molecule has 1 aliphatic rings. The summed E-state index contributed by atoms with van der Waals surface area (Å²) in [7, 11) is 0.787. The lowest BCUT2D eigenvalue weighted by Gasteiger charge is -2.23. The fourth-order valence-corrected chi connectivity index (χ4v) is 3.40. The Kier molecular flexibility index (Phi) is 4.42. The van der Waals surface area contributed by atoms with Crippen molar-refractivity contribution in [1.82, 2.24) is 5.32 Å². The summed E-state index contributed by atoms with van der Waals surface area (Å²) < 4.78 is 16.4. The molecule has 6 heteroatoms. The molecule has 0 aliphatic carbocycles. The van der Waals surface area contributed by atoms with Gasteiger partial charge in [-0.2, -0.15) is 0 Å². The molecule has 0 saturated carbocycles. The molecule has 1 aliphatic heterocycles. The van der Waals surface area contributed by atoms with Crippen molar-refractivity contribution >= 4 is 22.4 Å². The van der Waals surface area contributed by atoms with Crippen LogP contribution in [0.25, 0.3) is 0 Å². The highest BCUT2D eigenvalue weighted by molar-refractivity contribution is 7.85. The second-order valence-electron chi connectivity index (χ2n) is 4.56. The van der Waals surface area contributed by atoms with Gasteiger partial charge < -0.3 is 15.8 Å². The molecule has 1 heterocycles. The van der Waals surface area contributed by atoms with Crippen molar-refractivity contribution in [3.63, 3.8) is 0 Å². The molecule has 19 heavy (non-hydrogen) atoms. The minimum absolute atomic E-state index is 0.0902. The number of nitrogens with two attached hydrogens (primary N) is 1. The first-order valence-electron chi connectivity index (χ1n) is 6.19. The second kappa shape index (κ2) is 6.06. The molecule has 0 radical (unpaired) electrons. The van der Waals surface area contributed by atoms with Gasteiger partial charge in [0.1, 0.15) is 5.75 Å². The Hall–Kier alpha value is -1.56. The Morgan fingerprint density at radius 2 is 2.11 bits per heavy atom. The van der Waals surface area contributed by atoms with Gasteiger partial charge in [0, 0.05) is 40.1 Å². The Bertz CT molecular complexity index is 495. The van der Waals surface area contributed by atoms with Crippen LogP contribution in [0.5, 0.6) is 5.75 Å². The molecule has 1 saturated heterocycles. The van der Waals surface area contributed by atoms with Gasteiger partial charge in [0.15, 0.2) is 0 Å². The highest BCUT2D eigenvalue weighted by Crippen LogP contribution is 2.22. The third kappa shape index (κ3) is 3.47. The van der Waals surface area contributed by atoms with Crippen molar-refractivity contribution < 1.29 is 13.7 Å². The predicted molar refractivity (Wildman–Crippen MR) is 75.8 cm³/mol. The number of rotatable bonds is 3. The second-order valence-corrected chi connectivity index (χ2v) is 6.25. The zero-order valence-corrected chi connectivity index (χ0v) is 11.7. The molecule has 104 valence electrons.